The van der Waals surface area contributed by atoms with Crippen molar-refractivity contribution in [2.24, 2.45) is 17.3 Å². The van der Waals surface area contributed by atoms with Crippen LogP contribution in [0.3, 0.4) is 0 Å². The summed E-state index contributed by atoms with van der Waals surface area (Å²) in [6.07, 6.45) is 4.32. The number of ether oxygens (including phenoxy) is 3. The van der Waals surface area contributed by atoms with Crippen LogP contribution in [0.2, 0.25) is 0 Å². The van der Waals surface area contributed by atoms with Crippen molar-refractivity contribution < 1.29 is 38.5 Å². The molecule has 0 aromatic heterocycles. The smallest absolute Gasteiger partial charge is 0.313 e. The number of halogens is 1. The Kier molecular flexibility index (Phi) is 13.9. The Bertz CT molecular complexity index is 1450. The zero-order chi connectivity index (χ0) is 38.4. The number of unbranched alkanes of at least 4 members (excludes halogenated alkanes) is 1. The van der Waals surface area contributed by atoms with E-state index in [-0.39, 0.29) is 60.7 Å². The van der Waals surface area contributed by atoms with Crippen LogP contribution in [-0.2, 0) is 33.4 Å². The molecule has 1 aromatic rings. The molecule has 4 rings (SSSR count). The number of benzene rings is 1. The van der Waals surface area contributed by atoms with E-state index in [0.29, 0.717) is 37.7 Å². The number of aliphatic hydroxyl groups excluding tert-OH is 1. The van der Waals surface area contributed by atoms with Crippen LogP contribution in [0.5, 0.6) is 0 Å². The van der Waals surface area contributed by atoms with E-state index in [4.69, 9.17) is 14.2 Å². The Balaban J connectivity index is 1.75. The van der Waals surface area contributed by atoms with E-state index in [2.05, 4.69) is 55.2 Å². The highest BCUT2D eigenvalue weighted by molar-refractivity contribution is 9.09. The maximum atomic E-state index is 15.0. The van der Waals surface area contributed by atoms with Crippen molar-refractivity contribution in [3.8, 4) is 0 Å². The van der Waals surface area contributed by atoms with Gasteiger partial charge in [-0.05, 0) is 56.9 Å². The van der Waals surface area contributed by atoms with Crippen LogP contribution in [0.4, 0.5) is 0 Å². The highest BCUT2D eigenvalue weighted by Crippen LogP contribution is 2.61. The Morgan fingerprint density at radius 1 is 1.15 bits per heavy atom. The van der Waals surface area contributed by atoms with Gasteiger partial charge in [0.15, 0.2) is 0 Å². The number of hydrogen-bond donors (Lipinski definition) is 2. The van der Waals surface area contributed by atoms with Crippen LogP contribution in [0, 0.1) is 17.3 Å². The second kappa shape index (κ2) is 17.4. The molecule has 0 saturated carbocycles. The summed E-state index contributed by atoms with van der Waals surface area (Å²) in [7, 11) is 1.51. The molecule has 52 heavy (non-hydrogen) atoms. The van der Waals surface area contributed by atoms with Gasteiger partial charge in [-0.15, -0.1) is 13.2 Å². The summed E-state index contributed by atoms with van der Waals surface area (Å²) in [6, 6.07) is 7.38. The van der Waals surface area contributed by atoms with E-state index in [9.17, 15) is 19.5 Å². The van der Waals surface area contributed by atoms with Crippen molar-refractivity contribution in [2.75, 3.05) is 33.4 Å². The quantitative estimate of drug-likeness (QED) is 0.0855. The van der Waals surface area contributed by atoms with Gasteiger partial charge in [0, 0.05) is 43.6 Å². The molecule has 0 aliphatic carbocycles. The number of aliphatic hydroxyl groups is 1. The lowest BCUT2D eigenvalue weighted by atomic mass is 9.70. The number of likely N-dealkylation sites (tertiary alicyclic amines) is 1. The SMILES string of the molecule is C=CCCC(=O)N[C@@H](COC)[C@@H](OC(=O)[C@H]1[C@@H]2O[C@@]3(CC2Br)[C@@H]1C(=O)N(CCCCO)[C@@H]3C(=O)N(CC=C)C(C)(C)CC(C)(C)C)c1ccccc1. The Morgan fingerprint density at radius 2 is 1.85 bits per heavy atom. The maximum Gasteiger partial charge on any atom is 0.313 e. The summed E-state index contributed by atoms with van der Waals surface area (Å²) in [4.78, 5) is 60.3. The van der Waals surface area contributed by atoms with Crippen molar-refractivity contribution in [3.63, 3.8) is 0 Å². The van der Waals surface area contributed by atoms with Crippen LogP contribution in [-0.4, -0.2) is 106 Å². The van der Waals surface area contributed by atoms with Crippen molar-refractivity contribution in [3.05, 3.63) is 61.2 Å². The largest absolute Gasteiger partial charge is 0.455 e. The number of fused-ring (bicyclic) bond motifs is 1. The third-order valence-electron chi connectivity index (χ3n) is 10.4. The first-order chi connectivity index (χ1) is 24.6. The van der Waals surface area contributed by atoms with E-state index in [1.165, 1.54) is 7.11 Å². The first kappa shape index (κ1) is 41.7. The molecule has 2 N–H and O–H groups in total. The number of nitrogens with one attached hydrogen (secondary N) is 1. The second-order valence-electron chi connectivity index (χ2n) is 16.1. The number of esters is 1. The molecule has 1 unspecified atom stereocenters. The highest BCUT2D eigenvalue weighted by atomic mass is 79.9. The molecule has 3 fully saturated rings. The number of rotatable bonds is 19. The van der Waals surface area contributed by atoms with Gasteiger partial charge in [-0.2, -0.15) is 0 Å². The topological polar surface area (TPSA) is 135 Å². The monoisotopic (exact) mass is 787 g/mol. The molecule has 3 amide bonds. The zero-order valence-corrected chi connectivity index (χ0v) is 33.2. The summed E-state index contributed by atoms with van der Waals surface area (Å²) in [6.45, 7) is 18.6. The zero-order valence-electron chi connectivity index (χ0n) is 31.6. The number of carbonyl (C=O) groups is 4. The lowest BCUT2D eigenvalue weighted by Crippen LogP contribution is -2.61. The van der Waals surface area contributed by atoms with E-state index in [1.54, 1.807) is 22.0 Å². The van der Waals surface area contributed by atoms with Crippen LogP contribution in [0.15, 0.2) is 55.6 Å². The highest BCUT2D eigenvalue weighted by Gasteiger charge is 2.77. The molecule has 12 heteroatoms. The van der Waals surface area contributed by atoms with Gasteiger partial charge in [-0.25, -0.2) is 0 Å². The normalized spacial score (nSPS) is 26.4. The number of nitrogens with zero attached hydrogens (tertiary/aromatic N) is 2. The van der Waals surface area contributed by atoms with Crippen LogP contribution >= 0.6 is 15.9 Å². The average molecular weight is 789 g/mol. The fraction of sp³-hybridized carbons (Fsp3) is 0.650. The molecule has 1 spiro atoms. The van der Waals surface area contributed by atoms with Crippen LogP contribution in [0.1, 0.15) is 84.8 Å². The van der Waals surface area contributed by atoms with E-state index in [1.807, 2.05) is 44.2 Å². The molecule has 8 atom stereocenters. The molecule has 3 aliphatic rings. The molecular weight excluding hydrogens is 730 g/mol. The minimum Gasteiger partial charge on any atom is -0.455 e. The fourth-order valence-electron chi connectivity index (χ4n) is 8.74. The van der Waals surface area contributed by atoms with E-state index < -0.39 is 53.2 Å². The summed E-state index contributed by atoms with van der Waals surface area (Å²) in [5, 5.41) is 12.6. The van der Waals surface area contributed by atoms with Crippen LogP contribution < -0.4 is 5.32 Å². The average Bonchev–Trinajstić information content (AvgIpc) is 3.67. The lowest BCUT2D eigenvalue weighted by molar-refractivity contribution is -0.163. The third kappa shape index (κ3) is 8.83. The van der Waals surface area contributed by atoms with Gasteiger partial charge >= 0.3 is 5.97 Å². The molecule has 0 radical (unpaired) electrons. The number of allylic oxidation sites excluding steroid dienone is 1. The Hall–Kier alpha value is -3.06. The number of alkyl halides is 1. The molecule has 3 saturated heterocycles. The van der Waals surface area contributed by atoms with Crippen molar-refractivity contribution in [1.82, 2.24) is 15.1 Å². The first-order valence-electron chi connectivity index (χ1n) is 18.4. The molecule has 3 aliphatic heterocycles. The Labute approximate surface area is 317 Å². The fourth-order valence-corrected chi connectivity index (χ4v) is 9.69. The molecular formula is C40H58BrN3O8. The summed E-state index contributed by atoms with van der Waals surface area (Å²) in [5.74, 6) is -3.49. The predicted octanol–water partition coefficient (Wildman–Crippen LogP) is 5.12. The van der Waals surface area contributed by atoms with Gasteiger partial charge < -0.3 is 34.4 Å². The Morgan fingerprint density at radius 3 is 2.44 bits per heavy atom. The predicted molar refractivity (Wildman–Crippen MR) is 202 cm³/mol. The van der Waals surface area contributed by atoms with Gasteiger partial charge in [-0.1, -0.05) is 79.2 Å². The molecule has 1 aromatic carbocycles. The van der Waals surface area contributed by atoms with Gasteiger partial charge in [0.2, 0.25) is 17.7 Å². The van der Waals surface area contributed by atoms with Gasteiger partial charge in [0.05, 0.1) is 30.6 Å². The maximum absolute atomic E-state index is 15.0. The molecule has 11 nitrogen and oxygen atoms in total. The van der Waals surface area contributed by atoms with Gasteiger partial charge in [0.25, 0.3) is 0 Å². The van der Waals surface area contributed by atoms with Gasteiger partial charge in [0.1, 0.15) is 17.7 Å². The summed E-state index contributed by atoms with van der Waals surface area (Å²) in [5.41, 5.74) is -1.35. The van der Waals surface area contributed by atoms with E-state index in [0.717, 1.165) is 0 Å². The summed E-state index contributed by atoms with van der Waals surface area (Å²) < 4.78 is 18.6. The van der Waals surface area contributed by atoms with Crippen molar-refractivity contribution >= 4 is 39.6 Å². The minimum absolute atomic E-state index is 0.0545. The minimum atomic E-state index is -1.29. The third-order valence-corrected chi connectivity index (χ3v) is 11.2. The molecule has 3 heterocycles. The van der Waals surface area contributed by atoms with E-state index >= 15 is 4.79 Å². The standard InChI is InChI=1S/C40H58BrN3O8/c1-9-11-19-29(46)42-28(24-50-8)32(26-17-13-12-14-18-26)51-37(49)30-31-35(47)43(21-15-16-22-45)34(40(31)23-27(41)33(30)52-40)36(48)44(20-10-2)39(6,7)25-38(3,4)5/h9-10,12-14,17-18,27-28,30-34,45H,1-2,11,15-16,19-25H2,3-8H3,(H,42,46)/t27?,28-,30+,31-,32-,33+,34+,40-/m0/s1. The number of hydrogen-bond acceptors (Lipinski definition) is 8. The summed E-state index contributed by atoms with van der Waals surface area (Å²) >= 11 is 3.76. The second-order valence-corrected chi connectivity index (χ2v) is 17.3. The number of carbonyl (C=O) groups excluding carboxylic acids is 4. The number of methoxy groups -OCH3 is 1. The first-order valence-corrected chi connectivity index (χ1v) is 19.3. The lowest BCUT2D eigenvalue weighted by Gasteiger charge is -2.45. The molecule has 2 bridgehead atoms. The van der Waals surface area contributed by atoms with Gasteiger partial charge in [-0.3, -0.25) is 19.2 Å². The number of amides is 3. The van der Waals surface area contributed by atoms with Crippen molar-refractivity contribution in [1.29, 1.82) is 0 Å². The van der Waals surface area contributed by atoms with Crippen molar-refractivity contribution in [2.45, 2.75) is 113 Å². The molecule has 288 valence electrons. The van der Waals surface area contributed by atoms with Crippen LogP contribution in [0.25, 0.3) is 0 Å².